The number of aromatic hydroxyl groups is 2. The van der Waals surface area contributed by atoms with E-state index in [9.17, 15) is 15.0 Å². The first-order valence-corrected chi connectivity index (χ1v) is 6.96. The summed E-state index contributed by atoms with van der Waals surface area (Å²) in [5.41, 5.74) is 0.588. The number of benzene rings is 1. The molecule has 1 aliphatic rings. The first-order chi connectivity index (χ1) is 10.2. The van der Waals surface area contributed by atoms with Crippen molar-refractivity contribution in [2.24, 2.45) is 5.90 Å². The molecule has 0 spiro atoms. The zero-order valence-electron chi connectivity index (χ0n) is 13.4. The molecule has 1 aromatic rings. The van der Waals surface area contributed by atoms with Crippen molar-refractivity contribution in [2.45, 2.75) is 38.8 Å². The van der Waals surface area contributed by atoms with Gasteiger partial charge in [-0.1, -0.05) is 5.90 Å². The number of carbonyl (C=O) groups excluding carboxylic acids is 1. The maximum absolute atomic E-state index is 9.60. The lowest BCUT2D eigenvalue weighted by molar-refractivity contribution is -0.138. The number of phenolic OH excluding ortho intramolecular Hbond substituents is 2. The van der Waals surface area contributed by atoms with Gasteiger partial charge in [-0.05, 0) is 33.9 Å². The second-order valence-corrected chi connectivity index (χ2v) is 6.06. The second kappa shape index (κ2) is 7.33. The number of hydrogen-bond donors (Lipinski definition) is 4. The smallest absolute Gasteiger partial charge is 0.293 e. The minimum Gasteiger partial charge on any atom is -0.504 e. The largest absolute Gasteiger partial charge is 0.504 e. The first kappa shape index (κ1) is 18.1. The molecule has 0 fully saturated rings. The van der Waals surface area contributed by atoms with E-state index in [-0.39, 0.29) is 23.1 Å². The SMILES string of the molecule is CC(C)(C)OC=O.CNC1Cc2cc(O)c(O)cc2[O+](N)C1. The van der Waals surface area contributed by atoms with Crippen LogP contribution in [0.5, 0.6) is 17.2 Å². The lowest BCUT2D eigenvalue weighted by Crippen LogP contribution is -2.40. The summed E-state index contributed by atoms with van der Waals surface area (Å²) < 4.78 is 6.96. The van der Waals surface area contributed by atoms with Gasteiger partial charge in [0, 0.05) is 6.42 Å². The number of nitrogens with two attached hydrogens (primary N) is 1. The highest BCUT2D eigenvalue weighted by molar-refractivity contribution is 5.50. The Morgan fingerprint density at radius 3 is 2.41 bits per heavy atom. The predicted octanol–water partition coefficient (Wildman–Crippen LogP) is 1.34. The molecule has 1 atom stereocenters. The molecule has 1 aliphatic heterocycles. The fraction of sp³-hybridized carbons (Fsp3) is 0.533. The van der Waals surface area contributed by atoms with Gasteiger partial charge in [0.15, 0.2) is 11.5 Å². The van der Waals surface area contributed by atoms with Gasteiger partial charge in [-0.2, -0.15) is 0 Å². The molecule has 124 valence electrons. The maximum atomic E-state index is 9.60. The van der Waals surface area contributed by atoms with E-state index in [0.29, 0.717) is 18.8 Å². The van der Waals surface area contributed by atoms with Crippen molar-refractivity contribution in [1.29, 1.82) is 0 Å². The van der Waals surface area contributed by atoms with Crippen LogP contribution in [0.2, 0.25) is 0 Å². The lowest BCUT2D eigenvalue weighted by atomic mass is 10.0. The van der Waals surface area contributed by atoms with Gasteiger partial charge in [-0.3, -0.25) is 4.79 Å². The van der Waals surface area contributed by atoms with Crippen LogP contribution in [0.15, 0.2) is 12.1 Å². The Labute approximate surface area is 130 Å². The first-order valence-electron chi connectivity index (χ1n) is 6.96. The van der Waals surface area contributed by atoms with Crippen LogP contribution >= 0.6 is 0 Å². The molecule has 0 amide bonds. The number of ether oxygens (including phenoxy) is 1. The van der Waals surface area contributed by atoms with Gasteiger partial charge >= 0.3 is 0 Å². The zero-order valence-corrected chi connectivity index (χ0v) is 13.4. The van der Waals surface area contributed by atoms with Crippen LogP contribution in [0.25, 0.3) is 0 Å². The van der Waals surface area contributed by atoms with Crippen LogP contribution < -0.4 is 11.2 Å². The Hall–Kier alpha value is -1.99. The molecule has 0 aliphatic carbocycles. The van der Waals surface area contributed by atoms with Gasteiger partial charge in [0.2, 0.25) is 6.61 Å². The summed E-state index contributed by atoms with van der Waals surface area (Å²) in [7, 11) is 1.87. The van der Waals surface area contributed by atoms with E-state index in [2.05, 4.69) is 14.5 Å². The molecular weight excluding hydrogens is 288 g/mol. The molecular formula is C15H25N2O5+. The molecule has 0 saturated heterocycles. The summed E-state index contributed by atoms with van der Waals surface area (Å²) in [6, 6.07) is 3.24. The highest BCUT2D eigenvalue weighted by atomic mass is 16.8. The van der Waals surface area contributed by atoms with Crippen molar-refractivity contribution in [3.8, 4) is 17.2 Å². The third kappa shape index (κ3) is 5.09. The normalized spacial score (nSPS) is 17.1. The zero-order chi connectivity index (χ0) is 16.9. The van der Waals surface area contributed by atoms with Crippen molar-refractivity contribution >= 4 is 6.47 Å². The third-order valence-electron chi connectivity index (χ3n) is 3.10. The van der Waals surface area contributed by atoms with Crippen molar-refractivity contribution in [1.82, 2.24) is 5.32 Å². The van der Waals surface area contributed by atoms with Gasteiger partial charge in [-0.15, -0.1) is 0 Å². The average Bonchev–Trinajstić information content (AvgIpc) is 2.40. The molecule has 0 aromatic heterocycles. The molecule has 0 radical (unpaired) electrons. The monoisotopic (exact) mass is 313 g/mol. The van der Waals surface area contributed by atoms with Crippen LogP contribution in [0.1, 0.15) is 26.3 Å². The minimum atomic E-state index is -0.318. The van der Waals surface area contributed by atoms with Crippen LogP contribution in [-0.4, -0.2) is 42.0 Å². The molecule has 7 heteroatoms. The van der Waals surface area contributed by atoms with Crippen molar-refractivity contribution < 1.29 is 24.2 Å². The minimum absolute atomic E-state index is 0.112. The Morgan fingerprint density at radius 2 is 1.95 bits per heavy atom. The van der Waals surface area contributed by atoms with Crippen LogP contribution in [0.3, 0.4) is 0 Å². The summed E-state index contributed by atoms with van der Waals surface area (Å²) in [5, 5.41) is 21.9. The van der Waals surface area contributed by atoms with E-state index < -0.39 is 0 Å². The molecule has 1 aromatic carbocycles. The van der Waals surface area contributed by atoms with Gasteiger partial charge in [0.1, 0.15) is 5.60 Å². The molecule has 1 unspecified atom stereocenters. The van der Waals surface area contributed by atoms with Gasteiger partial charge in [-0.25, -0.2) is 0 Å². The molecule has 5 N–H and O–H groups in total. The lowest BCUT2D eigenvalue weighted by Gasteiger charge is -2.28. The quantitative estimate of drug-likeness (QED) is 0.373. The van der Waals surface area contributed by atoms with Gasteiger partial charge in [0.05, 0.1) is 17.7 Å². The number of fused-ring (bicyclic) bond motifs is 1. The standard InChI is InChI=1S/C10H14N2O3.C5H10O2/c1-12-7-2-6-3-8(13)9(14)4-10(6)15(11)5-7;1-5(2,3)7-4-6/h3-4,7,12H,2,5,11H2,1H3,(H-,13,14);4H,1-3H3/p+1. The molecule has 7 nitrogen and oxygen atoms in total. The molecule has 22 heavy (non-hydrogen) atoms. The Kier molecular flexibility index (Phi) is 6.01. The number of likely N-dealkylation sites (N-methyl/N-ethyl adjacent to an activating group) is 1. The van der Waals surface area contributed by atoms with Crippen LogP contribution in [0.4, 0.5) is 0 Å². The average molecular weight is 313 g/mol. The maximum Gasteiger partial charge on any atom is 0.293 e. The Bertz CT molecular complexity index is 513. The molecule has 0 saturated carbocycles. The summed E-state index contributed by atoms with van der Waals surface area (Å²) in [5.74, 6) is 6.18. The number of rotatable bonds is 2. The van der Waals surface area contributed by atoms with Gasteiger partial charge < -0.3 is 24.7 Å². The summed E-state index contributed by atoms with van der Waals surface area (Å²) >= 11 is 0. The highest BCUT2D eigenvalue weighted by Crippen LogP contribution is 2.39. The summed E-state index contributed by atoms with van der Waals surface area (Å²) in [6.07, 6.45) is 0.778. The molecule has 0 bridgehead atoms. The van der Waals surface area contributed by atoms with E-state index >= 15 is 0 Å². The number of hydrogen-bond acceptors (Lipinski definition) is 6. The highest BCUT2D eigenvalue weighted by Gasteiger charge is 2.29. The van der Waals surface area contributed by atoms with Crippen LogP contribution in [0, 0.1) is 0 Å². The molecule has 2 rings (SSSR count). The topological polar surface area (TPSA) is 108 Å². The van der Waals surface area contributed by atoms with E-state index in [4.69, 9.17) is 5.90 Å². The van der Waals surface area contributed by atoms with Crippen LogP contribution in [-0.2, 0) is 20.4 Å². The van der Waals surface area contributed by atoms with Crippen molar-refractivity contribution in [3.05, 3.63) is 17.7 Å². The summed E-state index contributed by atoms with van der Waals surface area (Å²) in [6.45, 7) is 6.53. The van der Waals surface area contributed by atoms with E-state index in [1.54, 1.807) is 6.07 Å². The molecule has 1 heterocycles. The van der Waals surface area contributed by atoms with E-state index in [1.807, 2.05) is 27.8 Å². The number of nitrogens with one attached hydrogen (secondary N) is 1. The van der Waals surface area contributed by atoms with E-state index in [1.165, 1.54) is 6.07 Å². The number of phenols is 2. The Balaban J connectivity index is 0.000000295. The third-order valence-corrected chi connectivity index (χ3v) is 3.10. The summed E-state index contributed by atoms with van der Waals surface area (Å²) in [4.78, 5) is 9.60. The fourth-order valence-corrected chi connectivity index (χ4v) is 1.97. The Morgan fingerprint density at radius 1 is 1.36 bits per heavy atom. The second-order valence-electron chi connectivity index (χ2n) is 6.06. The fourth-order valence-electron chi connectivity index (χ4n) is 1.97. The van der Waals surface area contributed by atoms with Crippen molar-refractivity contribution in [3.63, 3.8) is 0 Å². The van der Waals surface area contributed by atoms with Crippen molar-refractivity contribution in [2.75, 3.05) is 13.7 Å². The number of carbonyl (C=O) groups is 1. The predicted molar refractivity (Wildman–Crippen MR) is 82.8 cm³/mol. The van der Waals surface area contributed by atoms with E-state index in [0.717, 1.165) is 12.0 Å². The van der Waals surface area contributed by atoms with Gasteiger partial charge in [0.25, 0.3) is 12.2 Å².